The third-order valence-corrected chi connectivity index (χ3v) is 3.54. The van der Waals surface area contributed by atoms with Crippen LogP contribution in [0.4, 0.5) is 4.79 Å². The van der Waals surface area contributed by atoms with Gasteiger partial charge in [-0.15, -0.1) is 0 Å². The zero-order valence-electron chi connectivity index (χ0n) is 11.4. The number of hydrogen-bond acceptors (Lipinski definition) is 5. The maximum atomic E-state index is 11.5. The molecule has 0 saturated carbocycles. The van der Waals surface area contributed by atoms with Crippen LogP contribution in [-0.4, -0.2) is 53.2 Å². The molecule has 1 rings (SSSR count). The normalized spacial score (nSPS) is 14.6. The highest BCUT2D eigenvalue weighted by atomic mass is 32.2. The summed E-state index contributed by atoms with van der Waals surface area (Å²) in [5, 5.41) is 5.04. The molecule has 8 heteroatoms. The highest BCUT2D eigenvalue weighted by molar-refractivity contribution is 8.14. The maximum absolute atomic E-state index is 11.5. The number of nitrogens with zero attached hydrogens (tertiary/aromatic N) is 1. The van der Waals surface area contributed by atoms with E-state index in [2.05, 4.69) is 10.6 Å². The molecule has 0 aromatic heterocycles. The fourth-order valence-corrected chi connectivity index (χ4v) is 2.41. The van der Waals surface area contributed by atoms with E-state index in [9.17, 15) is 19.2 Å². The van der Waals surface area contributed by atoms with Crippen LogP contribution in [0, 0.1) is 0 Å². The molecular formula is C12H19N3O4S. The molecule has 1 heterocycles. The molecule has 4 amide bonds. The Balaban J connectivity index is 2.10. The number of rotatable bonds is 8. The van der Waals surface area contributed by atoms with Crippen molar-refractivity contribution >= 4 is 34.7 Å². The second-order valence-electron chi connectivity index (χ2n) is 4.26. The van der Waals surface area contributed by atoms with Gasteiger partial charge in [-0.05, 0) is 13.3 Å². The zero-order valence-corrected chi connectivity index (χ0v) is 12.3. The Hall–Kier alpha value is -1.57. The van der Waals surface area contributed by atoms with Crippen LogP contribution in [-0.2, 0) is 14.4 Å². The van der Waals surface area contributed by atoms with E-state index in [4.69, 9.17) is 0 Å². The third kappa shape index (κ3) is 5.60. The Labute approximate surface area is 121 Å². The summed E-state index contributed by atoms with van der Waals surface area (Å²) in [4.78, 5) is 46.4. The van der Waals surface area contributed by atoms with Gasteiger partial charge in [0.05, 0.1) is 5.75 Å². The van der Waals surface area contributed by atoms with E-state index in [1.807, 2.05) is 6.92 Å². The number of imide groups is 1. The summed E-state index contributed by atoms with van der Waals surface area (Å²) in [5.74, 6) is -0.345. The molecule has 2 N–H and O–H groups in total. The summed E-state index contributed by atoms with van der Waals surface area (Å²) < 4.78 is 0. The lowest BCUT2D eigenvalue weighted by Gasteiger charge is -2.12. The second kappa shape index (κ2) is 8.57. The monoisotopic (exact) mass is 301 g/mol. The topological polar surface area (TPSA) is 95.6 Å². The highest BCUT2D eigenvalue weighted by Gasteiger charge is 2.29. The van der Waals surface area contributed by atoms with Gasteiger partial charge in [0, 0.05) is 32.5 Å². The summed E-state index contributed by atoms with van der Waals surface area (Å²) in [7, 11) is 0. The quantitative estimate of drug-likeness (QED) is 0.620. The van der Waals surface area contributed by atoms with Gasteiger partial charge in [-0.3, -0.25) is 24.1 Å². The number of amides is 4. The highest BCUT2D eigenvalue weighted by Crippen LogP contribution is 2.18. The molecule has 0 spiro atoms. The van der Waals surface area contributed by atoms with Crippen LogP contribution in [0.2, 0.25) is 0 Å². The van der Waals surface area contributed by atoms with Gasteiger partial charge in [0.25, 0.3) is 5.24 Å². The minimum Gasteiger partial charge on any atom is -0.356 e. The van der Waals surface area contributed by atoms with Gasteiger partial charge in [0.2, 0.25) is 17.7 Å². The van der Waals surface area contributed by atoms with Crippen LogP contribution < -0.4 is 10.6 Å². The van der Waals surface area contributed by atoms with Crippen molar-refractivity contribution in [3.63, 3.8) is 0 Å². The van der Waals surface area contributed by atoms with Crippen molar-refractivity contribution in [2.45, 2.75) is 26.2 Å². The first-order chi connectivity index (χ1) is 9.54. The molecule has 0 bridgehead atoms. The molecule has 1 aliphatic heterocycles. The second-order valence-corrected chi connectivity index (χ2v) is 5.18. The summed E-state index contributed by atoms with van der Waals surface area (Å²) in [5.41, 5.74) is 0. The minimum atomic E-state index is -0.293. The van der Waals surface area contributed by atoms with Crippen LogP contribution in [0.25, 0.3) is 0 Å². The van der Waals surface area contributed by atoms with Gasteiger partial charge in [0.1, 0.15) is 0 Å². The molecule has 1 saturated heterocycles. The van der Waals surface area contributed by atoms with Crippen molar-refractivity contribution < 1.29 is 19.2 Å². The van der Waals surface area contributed by atoms with E-state index in [-0.39, 0.29) is 41.7 Å². The molecule has 20 heavy (non-hydrogen) atoms. The first kappa shape index (κ1) is 16.5. The first-order valence-electron chi connectivity index (χ1n) is 6.55. The summed E-state index contributed by atoms with van der Waals surface area (Å²) in [6.45, 7) is 2.97. The lowest BCUT2D eigenvalue weighted by atomic mass is 10.3. The molecular weight excluding hydrogens is 282 g/mol. The lowest BCUT2D eigenvalue weighted by molar-refractivity contribution is -0.126. The van der Waals surface area contributed by atoms with Crippen molar-refractivity contribution in [3.8, 4) is 0 Å². The molecule has 112 valence electrons. The maximum Gasteiger partial charge on any atom is 0.288 e. The van der Waals surface area contributed by atoms with Crippen molar-refractivity contribution in [2.24, 2.45) is 0 Å². The Morgan fingerprint density at radius 2 is 1.90 bits per heavy atom. The summed E-state index contributed by atoms with van der Waals surface area (Å²) >= 11 is 0.956. The molecule has 0 unspecified atom stereocenters. The van der Waals surface area contributed by atoms with Crippen molar-refractivity contribution in [1.82, 2.24) is 15.5 Å². The molecule has 0 aromatic carbocycles. The molecule has 0 aromatic rings. The van der Waals surface area contributed by atoms with Crippen LogP contribution in [0.5, 0.6) is 0 Å². The van der Waals surface area contributed by atoms with E-state index >= 15 is 0 Å². The van der Waals surface area contributed by atoms with Crippen LogP contribution in [0.3, 0.4) is 0 Å². The third-order valence-electron chi connectivity index (χ3n) is 2.68. The summed E-state index contributed by atoms with van der Waals surface area (Å²) in [6.07, 6.45) is 1.03. The average molecular weight is 301 g/mol. The van der Waals surface area contributed by atoms with Crippen molar-refractivity contribution in [2.75, 3.05) is 25.4 Å². The minimum absolute atomic E-state index is 0.0352. The van der Waals surface area contributed by atoms with E-state index in [1.54, 1.807) is 0 Å². The van der Waals surface area contributed by atoms with Crippen molar-refractivity contribution in [1.29, 1.82) is 0 Å². The molecule has 1 aliphatic rings. The SMILES string of the molecule is CCNC(=O)CCCNC(=O)CCN1C(=O)CSC1=O. The Kier molecular flexibility index (Phi) is 7.06. The molecule has 0 atom stereocenters. The van der Waals surface area contributed by atoms with E-state index in [1.165, 1.54) is 0 Å². The van der Waals surface area contributed by atoms with Gasteiger partial charge < -0.3 is 10.6 Å². The Morgan fingerprint density at radius 3 is 2.50 bits per heavy atom. The van der Waals surface area contributed by atoms with E-state index in [0.29, 0.717) is 25.9 Å². The van der Waals surface area contributed by atoms with Gasteiger partial charge in [0.15, 0.2) is 0 Å². The Morgan fingerprint density at radius 1 is 1.20 bits per heavy atom. The first-order valence-corrected chi connectivity index (χ1v) is 7.53. The molecule has 7 nitrogen and oxygen atoms in total. The summed E-state index contributed by atoms with van der Waals surface area (Å²) in [6, 6.07) is 0. The van der Waals surface area contributed by atoms with Gasteiger partial charge >= 0.3 is 0 Å². The van der Waals surface area contributed by atoms with Crippen LogP contribution in [0.15, 0.2) is 0 Å². The number of nitrogens with one attached hydrogen (secondary N) is 2. The lowest BCUT2D eigenvalue weighted by Crippen LogP contribution is -2.34. The van der Waals surface area contributed by atoms with E-state index in [0.717, 1.165) is 16.7 Å². The van der Waals surface area contributed by atoms with E-state index < -0.39 is 0 Å². The van der Waals surface area contributed by atoms with Gasteiger partial charge in [-0.2, -0.15) is 0 Å². The predicted molar refractivity (Wildman–Crippen MR) is 75.1 cm³/mol. The average Bonchev–Trinajstić information content (AvgIpc) is 2.72. The zero-order chi connectivity index (χ0) is 15.0. The van der Waals surface area contributed by atoms with Crippen molar-refractivity contribution in [3.05, 3.63) is 0 Å². The predicted octanol–water partition coefficient (Wildman–Crippen LogP) is 0.104. The van der Waals surface area contributed by atoms with Crippen LogP contribution >= 0.6 is 11.8 Å². The fourth-order valence-electron chi connectivity index (χ4n) is 1.66. The van der Waals surface area contributed by atoms with Gasteiger partial charge in [-0.25, -0.2) is 0 Å². The number of carbonyl (C=O) groups excluding carboxylic acids is 4. The molecule has 1 fully saturated rings. The van der Waals surface area contributed by atoms with Gasteiger partial charge in [-0.1, -0.05) is 11.8 Å². The smallest absolute Gasteiger partial charge is 0.288 e. The molecule has 0 radical (unpaired) electrons. The number of hydrogen-bond donors (Lipinski definition) is 2. The van der Waals surface area contributed by atoms with Crippen LogP contribution in [0.1, 0.15) is 26.2 Å². The fraction of sp³-hybridized carbons (Fsp3) is 0.667. The number of thioether (sulfide) groups is 1. The largest absolute Gasteiger partial charge is 0.356 e. The molecule has 0 aliphatic carbocycles. The number of carbonyl (C=O) groups is 4. The Bertz CT molecular complexity index is 384. The standard InChI is InChI=1S/C12H19N3O4S/c1-2-13-9(16)4-3-6-14-10(17)5-7-15-11(18)8-20-12(15)19/h2-8H2,1H3,(H,13,16)(H,14,17).